The van der Waals surface area contributed by atoms with Crippen molar-refractivity contribution in [3.05, 3.63) is 0 Å². The van der Waals surface area contributed by atoms with Crippen molar-refractivity contribution in [1.29, 1.82) is 0 Å². The van der Waals surface area contributed by atoms with E-state index in [1.165, 1.54) is 0 Å². The van der Waals surface area contributed by atoms with Gasteiger partial charge >= 0.3 is 66.2 Å². The second-order valence-electron chi connectivity index (χ2n) is 0. The molecule has 0 aliphatic heterocycles. The van der Waals surface area contributed by atoms with Gasteiger partial charge in [-0.3, -0.25) is 0 Å². The minimum absolute atomic E-state index is 0. The second-order valence-corrected chi connectivity index (χ2v) is 0. The Kier molecular flexibility index (Phi) is 570. The standard InChI is InChI=1S/Al.Ba.3FH.Hf.La.Zr.2H/h;;3*1H;;;;;/q+3;+2;;;;;;;2*-1/p-3. The Morgan fingerprint density at radius 3 is 0.875 bits per heavy atom. The van der Waals surface area contributed by atoms with Gasteiger partial charge in [0.25, 0.3) is 0 Å². The van der Waals surface area contributed by atoms with Crippen LogP contribution in [0.15, 0.2) is 0 Å². The van der Waals surface area contributed by atoms with E-state index in [1.807, 2.05) is 0 Å². The fraction of sp³-hybridized carbons (Fsp3) is 0. The number of hydrogen-bond acceptors (Lipinski definition) is 0. The average molecular weight is 632 g/mol. The monoisotopic (exact) mass is 633 g/mol. The molecule has 39 valence electrons. The molecule has 0 unspecified atom stereocenters. The first-order valence-electron chi connectivity index (χ1n) is 0. The maximum absolute atomic E-state index is 0. The molecule has 0 saturated carbocycles. The first kappa shape index (κ1) is 76.8. The molecule has 0 fully saturated rings. The average Bonchev–Trinajstić information content (AvgIpc) is 0. The zero-order chi connectivity index (χ0) is 0. The second kappa shape index (κ2) is 59.4. The summed E-state index contributed by atoms with van der Waals surface area (Å²) in [5.74, 6) is 0. The Morgan fingerprint density at radius 2 is 0.875 bits per heavy atom. The summed E-state index contributed by atoms with van der Waals surface area (Å²) < 4.78 is 0. The van der Waals surface area contributed by atoms with Gasteiger partial charge in [0.05, 0.1) is 0 Å². The van der Waals surface area contributed by atoms with Gasteiger partial charge < -0.3 is 17.0 Å². The quantitative estimate of drug-likeness (QED) is 0.233. The van der Waals surface area contributed by atoms with Crippen LogP contribution in [0.25, 0.3) is 0 Å². The first-order valence-corrected chi connectivity index (χ1v) is 0. The van der Waals surface area contributed by atoms with E-state index in [0.717, 1.165) is 0 Å². The van der Waals surface area contributed by atoms with Gasteiger partial charge in [-0.15, -0.1) is 0 Å². The Bertz CT molecular complexity index is 26.5. The zero-order valence-corrected chi connectivity index (χ0v) is 19.3. The smallest absolute Gasteiger partial charge is 1.00 e. The summed E-state index contributed by atoms with van der Waals surface area (Å²) in [5.41, 5.74) is 0. The third-order valence-corrected chi connectivity index (χ3v) is 0. The molecule has 0 spiro atoms. The van der Waals surface area contributed by atoms with Crippen molar-refractivity contribution in [3.63, 3.8) is 0 Å². The van der Waals surface area contributed by atoms with Crippen LogP contribution >= 0.6 is 0 Å². The predicted molar refractivity (Wildman–Crippen MR) is 13.7 cm³/mol. The Hall–Kier alpha value is 4.84. The third-order valence-electron chi connectivity index (χ3n) is 0. The normalized spacial score (nSPS) is 0. The van der Waals surface area contributed by atoms with Gasteiger partial charge in [0, 0.05) is 87.6 Å². The van der Waals surface area contributed by atoms with Crippen LogP contribution in [0.5, 0.6) is 0 Å². The van der Waals surface area contributed by atoms with Gasteiger partial charge in [0.1, 0.15) is 0 Å². The third kappa shape index (κ3) is 44.8. The van der Waals surface area contributed by atoms with Crippen molar-refractivity contribution in [2.24, 2.45) is 0 Å². The molecule has 0 nitrogen and oxygen atoms in total. The summed E-state index contributed by atoms with van der Waals surface area (Å²) in [4.78, 5) is 0. The molecule has 8 heteroatoms. The van der Waals surface area contributed by atoms with E-state index in [2.05, 4.69) is 0 Å². The maximum Gasteiger partial charge on any atom is 3.00 e. The van der Waals surface area contributed by atoms with E-state index in [-0.39, 0.29) is 171 Å². The Labute approximate surface area is 166 Å². The molecule has 0 aliphatic rings. The molecular weight excluding hydrogens is 630 g/mol. The molecular formula is H2AlBaF3HfLaZr. The van der Waals surface area contributed by atoms with Gasteiger partial charge in [-0.25, -0.2) is 0 Å². The number of halogens is 3. The molecule has 0 rings (SSSR count). The summed E-state index contributed by atoms with van der Waals surface area (Å²) >= 11 is 0. The minimum Gasteiger partial charge on any atom is -1.00 e. The van der Waals surface area contributed by atoms with Crippen molar-refractivity contribution < 1.29 is 105 Å². The number of hydrogen-bond donors (Lipinski definition) is 0. The molecule has 0 amide bonds. The van der Waals surface area contributed by atoms with Gasteiger partial charge in [-0.2, -0.15) is 0 Å². The van der Waals surface area contributed by atoms with Crippen LogP contribution in [0.3, 0.4) is 0 Å². The van der Waals surface area contributed by atoms with Crippen LogP contribution in [0, 0.1) is 35.6 Å². The molecule has 8 heavy (non-hydrogen) atoms. The van der Waals surface area contributed by atoms with Gasteiger partial charge in [-0.1, -0.05) is 0 Å². The fourth-order valence-electron chi connectivity index (χ4n) is 0. The molecule has 0 aliphatic carbocycles. The van der Waals surface area contributed by atoms with Crippen molar-refractivity contribution in [3.8, 4) is 0 Å². The summed E-state index contributed by atoms with van der Waals surface area (Å²) in [6, 6.07) is 0. The molecule has 0 N–H and O–H groups in total. The molecule has 0 atom stereocenters. The largest absolute Gasteiger partial charge is 3.00 e. The van der Waals surface area contributed by atoms with Crippen molar-refractivity contribution in [2.75, 3.05) is 0 Å². The molecule has 0 aromatic rings. The fourth-order valence-corrected chi connectivity index (χ4v) is 0. The van der Waals surface area contributed by atoms with Crippen molar-refractivity contribution in [2.45, 2.75) is 0 Å². The molecule has 0 saturated heterocycles. The molecule has 1 radical (unpaired) electrons. The SMILES string of the molecule is [Al+3].[Ba+2].[F-].[F-].[F-].[H-].[H-].[Hf].[La].[Zr]. The van der Waals surface area contributed by atoms with E-state index in [0.29, 0.717) is 0 Å². The summed E-state index contributed by atoms with van der Waals surface area (Å²) in [6.45, 7) is 0. The summed E-state index contributed by atoms with van der Waals surface area (Å²) in [6.07, 6.45) is 0. The zero-order valence-electron chi connectivity index (χ0n) is 6.00. The summed E-state index contributed by atoms with van der Waals surface area (Å²) in [5, 5.41) is 0. The van der Waals surface area contributed by atoms with E-state index < -0.39 is 0 Å². The first-order chi connectivity index (χ1) is 0. The molecule has 0 aromatic carbocycles. The van der Waals surface area contributed by atoms with Gasteiger partial charge in [0.2, 0.25) is 0 Å². The van der Waals surface area contributed by atoms with Crippen LogP contribution in [-0.2, 0) is 52.0 Å². The molecule has 0 aromatic heterocycles. The van der Waals surface area contributed by atoms with E-state index in [1.54, 1.807) is 0 Å². The van der Waals surface area contributed by atoms with Crippen LogP contribution in [0.1, 0.15) is 2.85 Å². The van der Waals surface area contributed by atoms with Crippen LogP contribution in [-0.4, -0.2) is 66.2 Å². The van der Waals surface area contributed by atoms with Crippen molar-refractivity contribution >= 4 is 66.2 Å². The topological polar surface area (TPSA) is 0 Å². The van der Waals surface area contributed by atoms with E-state index >= 15 is 0 Å². The number of rotatable bonds is 0. The Balaban J connectivity index is 0. The van der Waals surface area contributed by atoms with E-state index in [9.17, 15) is 0 Å². The molecule has 0 bridgehead atoms. The molecule has 0 heterocycles. The van der Waals surface area contributed by atoms with Crippen molar-refractivity contribution in [1.82, 2.24) is 0 Å². The summed E-state index contributed by atoms with van der Waals surface area (Å²) in [7, 11) is 0. The van der Waals surface area contributed by atoms with E-state index in [4.69, 9.17) is 0 Å². The minimum atomic E-state index is 0. The van der Waals surface area contributed by atoms with Gasteiger partial charge in [-0.05, 0) is 0 Å². The maximum atomic E-state index is 0. The predicted octanol–water partition coefficient (Wildman–Crippen LogP) is -9.53. The van der Waals surface area contributed by atoms with Crippen LogP contribution < -0.4 is 14.1 Å². The van der Waals surface area contributed by atoms with Crippen LogP contribution in [0.4, 0.5) is 0 Å². The van der Waals surface area contributed by atoms with Crippen LogP contribution in [0.2, 0.25) is 0 Å². The van der Waals surface area contributed by atoms with Gasteiger partial charge in [0.15, 0.2) is 0 Å². The Morgan fingerprint density at radius 1 is 0.875 bits per heavy atom.